The Morgan fingerprint density at radius 3 is 2.69 bits per heavy atom. The first-order chi connectivity index (χ1) is 6.02. The largest absolute Gasteiger partial charge is 0.398 e. The van der Waals surface area contributed by atoms with Gasteiger partial charge < -0.3 is 5.73 Å². The third-order valence-electron chi connectivity index (χ3n) is 1.57. The number of hydrazine groups is 1. The average Bonchev–Trinajstić information content (AvgIpc) is 2.08. The number of hydrogen-bond acceptors (Lipinski definition) is 3. The van der Waals surface area contributed by atoms with E-state index in [-0.39, 0.29) is 11.3 Å². The summed E-state index contributed by atoms with van der Waals surface area (Å²) in [7, 11) is 1.37. The van der Waals surface area contributed by atoms with Gasteiger partial charge in [-0.05, 0) is 18.2 Å². The summed E-state index contributed by atoms with van der Waals surface area (Å²) in [6.07, 6.45) is 0. The minimum absolute atomic E-state index is 0.0741. The van der Waals surface area contributed by atoms with E-state index in [0.29, 0.717) is 0 Å². The van der Waals surface area contributed by atoms with Gasteiger partial charge in [0.2, 0.25) is 0 Å². The quantitative estimate of drug-likeness (QED) is 0.285. The van der Waals surface area contributed by atoms with E-state index in [9.17, 15) is 9.18 Å². The van der Waals surface area contributed by atoms with Gasteiger partial charge >= 0.3 is 0 Å². The first-order valence-electron chi connectivity index (χ1n) is 3.60. The summed E-state index contributed by atoms with van der Waals surface area (Å²) in [6, 6.07) is 3.57. The number of amides is 1. The van der Waals surface area contributed by atoms with Crippen LogP contribution in [0.25, 0.3) is 0 Å². The van der Waals surface area contributed by atoms with Gasteiger partial charge in [-0.2, -0.15) is 0 Å². The predicted octanol–water partition coefficient (Wildman–Crippen LogP) is 0.354. The summed E-state index contributed by atoms with van der Waals surface area (Å²) in [6.45, 7) is 0. The lowest BCUT2D eigenvalue weighted by Crippen LogP contribution is -2.33. The SMILES string of the molecule is CN(N)C(=O)c1cc(F)ccc1N. The van der Waals surface area contributed by atoms with E-state index in [2.05, 4.69) is 0 Å². The molecule has 0 aromatic heterocycles. The molecule has 0 spiro atoms. The zero-order valence-corrected chi connectivity index (χ0v) is 7.12. The summed E-state index contributed by atoms with van der Waals surface area (Å²) in [5.74, 6) is 4.16. The van der Waals surface area contributed by atoms with Gasteiger partial charge in [0.15, 0.2) is 0 Å². The molecule has 0 aliphatic rings. The molecule has 0 unspecified atom stereocenters. The molecule has 70 valence electrons. The van der Waals surface area contributed by atoms with Gasteiger partial charge in [0.05, 0.1) is 5.56 Å². The van der Waals surface area contributed by atoms with Gasteiger partial charge in [-0.1, -0.05) is 0 Å². The molecule has 4 nitrogen and oxygen atoms in total. The van der Waals surface area contributed by atoms with Crippen molar-refractivity contribution < 1.29 is 9.18 Å². The van der Waals surface area contributed by atoms with Crippen LogP contribution in [-0.2, 0) is 0 Å². The third kappa shape index (κ3) is 1.94. The van der Waals surface area contributed by atoms with E-state index in [1.165, 1.54) is 19.2 Å². The molecular weight excluding hydrogens is 173 g/mol. The number of nitrogen functional groups attached to an aromatic ring is 1. The van der Waals surface area contributed by atoms with Crippen molar-refractivity contribution in [3.05, 3.63) is 29.6 Å². The lowest BCUT2D eigenvalue weighted by Gasteiger charge is -2.11. The Bertz CT molecular complexity index is 338. The van der Waals surface area contributed by atoms with E-state index in [1.807, 2.05) is 0 Å². The van der Waals surface area contributed by atoms with Crippen molar-refractivity contribution in [2.75, 3.05) is 12.8 Å². The number of carbonyl (C=O) groups is 1. The van der Waals surface area contributed by atoms with Crippen molar-refractivity contribution in [1.29, 1.82) is 0 Å². The van der Waals surface area contributed by atoms with Crippen LogP contribution < -0.4 is 11.6 Å². The standard InChI is InChI=1S/C8H10FN3O/c1-12(11)8(13)6-4-5(9)2-3-7(6)10/h2-4H,10-11H2,1H3. The molecule has 1 aromatic rings. The molecule has 4 N–H and O–H groups in total. The number of hydrogen-bond donors (Lipinski definition) is 2. The van der Waals surface area contributed by atoms with Gasteiger partial charge in [-0.3, -0.25) is 9.80 Å². The molecule has 0 bridgehead atoms. The molecule has 0 saturated carbocycles. The third-order valence-corrected chi connectivity index (χ3v) is 1.57. The molecule has 5 heteroatoms. The fourth-order valence-electron chi connectivity index (χ4n) is 0.904. The van der Waals surface area contributed by atoms with E-state index in [1.54, 1.807) is 0 Å². The monoisotopic (exact) mass is 183 g/mol. The number of anilines is 1. The second-order valence-corrected chi connectivity index (χ2v) is 2.65. The Labute approximate surface area is 74.9 Å². The van der Waals surface area contributed by atoms with Crippen LogP contribution in [0.2, 0.25) is 0 Å². The van der Waals surface area contributed by atoms with Crippen molar-refractivity contribution in [3.8, 4) is 0 Å². The highest BCUT2D eigenvalue weighted by Gasteiger charge is 2.12. The van der Waals surface area contributed by atoms with Crippen LogP contribution in [0.3, 0.4) is 0 Å². The van der Waals surface area contributed by atoms with Gasteiger partial charge in [0.1, 0.15) is 5.82 Å². The normalized spacial score (nSPS) is 9.77. The minimum atomic E-state index is -0.517. The summed E-state index contributed by atoms with van der Waals surface area (Å²) in [5.41, 5.74) is 5.74. The van der Waals surface area contributed by atoms with Crippen molar-refractivity contribution in [2.24, 2.45) is 5.84 Å². The lowest BCUT2D eigenvalue weighted by atomic mass is 10.1. The van der Waals surface area contributed by atoms with Crippen molar-refractivity contribution in [1.82, 2.24) is 5.01 Å². The fraction of sp³-hybridized carbons (Fsp3) is 0.125. The second kappa shape index (κ2) is 3.40. The van der Waals surface area contributed by atoms with Crippen LogP contribution in [0.4, 0.5) is 10.1 Å². The van der Waals surface area contributed by atoms with Crippen LogP contribution >= 0.6 is 0 Å². The molecule has 0 saturated heterocycles. The number of halogens is 1. The number of rotatable bonds is 1. The molecule has 1 rings (SSSR count). The minimum Gasteiger partial charge on any atom is -0.398 e. The molecule has 0 heterocycles. The number of nitrogens with zero attached hydrogens (tertiary/aromatic N) is 1. The highest BCUT2D eigenvalue weighted by atomic mass is 19.1. The predicted molar refractivity (Wildman–Crippen MR) is 47.1 cm³/mol. The van der Waals surface area contributed by atoms with Crippen LogP contribution in [-0.4, -0.2) is 18.0 Å². The van der Waals surface area contributed by atoms with Gasteiger partial charge in [0, 0.05) is 12.7 Å². The number of benzene rings is 1. The highest BCUT2D eigenvalue weighted by Crippen LogP contribution is 2.13. The zero-order valence-electron chi connectivity index (χ0n) is 7.12. The van der Waals surface area contributed by atoms with Gasteiger partial charge in [0.25, 0.3) is 5.91 Å². The Balaban J connectivity index is 3.13. The van der Waals surface area contributed by atoms with Gasteiger partial charge in [-0.15, -0.1) is 0 Å². The summed E-state index contributed by atoms with van der Waals surface area (Å²) < 4.78 is 12.7. The average molecular weight is 183 g/mol. The molecule has 0 atom stereocenters. The summed E-state index contributed by atoms with van der Waals surface area (Å²) >= 11 is 0. The van der Waals surface area contributed by atoms with Crippen LogP contribution in [0.15, 0.2) is 18.2 Å². The van der Waals surface area contributed by atoms with E-state index < -0.39 is 11.7 Å². The molecule has 0 radical (unpaired) electrons. The molecule has 0 aliphatic carbocycles. The lowest BCUT2D eigenvalue weighted by molar-refractivity contribution is 0.0795. The highest BCUT2D eigenvalue weighted by molar-refractivity contribution is 5.98. The fourth-order valence-corrected chi connectivity index (χ4v) is 0.904. The van der Waals surface area contributed by atoms with Crippen molar-refractivity contribution in [2.45, 2.75) is 0 Å². The number of nitrogens with two attached hydrogens (primary N) is 2. The smallest absolute Gasteiger partial charge is 0.269 e. The van der Waals surface area contributed by atoms with Crippen LogP contribution in [0.5, 0.6) is 0 Å². The van der Waals surface area contributed by atoms with Gasteiger partial charge in [-0.25, -0.2) is 10.2 Å². The second-order valence-electron chi connectivity index (χ2n) is 2.65. The Morgan fingerprint density at radius 1 is 1.54 bits per heavy atom. The summed E-state index contributed by atoms with van der Waals surface area (Å²) in [5, 5.41) is 0.852. The van der Waals surface area contributed by atoms with Crippen molar-refractivity contribution in [3.63, 3.8) is 0 Å². The maximum absolute atomic E-state index is 12.7. The zero-order chi connectivity index (χ0) is 10.0. The van der Waals surface area contributed by atoms with Crippen LogP contribution in [0.1, 0.15) is 10.4 Å². The molecule has 13 heavy (non-hydrogen) atoms. The summed E-state index contributed by atoms with van der Waals surface area (Å²) in [4.78, 5) is 11.3. The van der Waals surface area contributed by atoms with Crippen LogP contribution in [0, 0.1) is 5.82 Å². The topological polar surface area (TPSA) is 72.3 Å². The van der Waals surface area contributed by atoms with E-state index >= 15 is 0 Å². The molecule has 1 amide bonds. The maximum Gasteiger partial charge on any atom is 0.269 e. The number of carbonyl (C=O) groups excluding carboxylic acids is 1. The van der Waals surface area contributed by atoms with E-state index in [0.717, 1.165) is 11.1 Å². The Kier molecular flexibility index (Phi) is 2.48. The first-order valence-corrected chi connectivity index (χ1v) is 3.60. The first kappa shape index (κ1) is 9.47. The van der Waals surface area contributed by atoms with E-state index in [4.69, 9.17) is 11.6 Å². The molecule has 1 aromatic carbocycles. The maximum atomic E-state index is 12.7. The Hall–Kier alpha value is -1.62. The van der Waals surface area contributed by atoms with Crippen molar-refractivity contribution >= 4 is 11.6 Å². The molecule has 0 aliphatic heterocycles. The molecular formula is C8H10FN3O. The Morgan fingerprint density at radius 2 is 2.15 bits per heavy atom. The molecule has 0 fully saturated rings.